The van der Waals surface area contributed by atoms with E-state index in [4.69, 9.17) is 23.2 Å². The Balaban J connectivity index is 1.55. The van der Waals surface area contributed by atoms with Crippen molar-refractivity contribution < 1.29 is 9.90 Å². The van der Waals surface area contributed by atoms with Crippen LogP contribution in [0, 0.1) is 11.8 Å². The van der Waals surface area contributed by atoms with Crippen molar-refractivity contribution in [3.8, 4) is 16.9 Å². The summed E-state index contributed by atoms with van der Waals surface area (Å²) in [5.41, 5.74) is 4.10. The number of rotatable bonds is 7. The third-order valence-corrected chi connectivity index (χ3v) is 7.70. The van der Waals surface area contributed by atoms with Crippen LogP contribution in [0.2, 0.25) is 10.0 Å². The fourth-order valence-electron chi connectivity index (χ4n) is 5.02. The Labute approximate surface area is 209 Å². The van der Waals surface area contributed by atoms with Gasteiger partial charge < -0.3 is 15.7 Å². The first kappa shape index (κ1) is 23.4. The van der Waals surface area contributed by atoms with Crippen LogP contribution in [0.1, 0.15) is 48.9 Å². The lowest BCUT2D eigenvalue weighted by Gasteiger charge is -2.30. The van der Waals surface area contributed by atoms with Gasteiger partial charge in [0.15, 0.2) is 11.5 Å². The van der Waals surface area contributed by atoms with Gasteiger partial charge in [0.2, 0.25) is 0 Å². The van der Waals surface area contributed by atoms with Crippen molar-refractivity contribution in [1.29, 1.82) is 0 Å². The number of carbonyl (C=O) groups is 1. The highest BCUT2D eigenvalue weighted by Gasteiger charge is 2.33. The first-order chi connectivity index (χ1) is 16.4. The normalized spacial score (nSPS) is 20.4. The Kier molecular flexibility index (Phi) is 6.70. The van der Waals surface area contributed by atoms with Crippen LogP contribution >= 0.6 is 23.2 Å². The number of carbonyl (C=O) groups excluding carboxylic acids is 1. The van der Waals surface area contributed by atoms with E-state index in [0.29, 0.717) is 17.5 Å². The van der Waals surface area contributed by atoms with Crippen molar-refractivity contribution in [3.63, 3.8) is 0 Å². The number of phenolic OH excluding ortho intramolecular Hbond substituents is 1. The van der Waals surface area contributed by atoms with Crippen molar-refractivity contribution >= 4 is 45.6 Å². The lowest BCUT2D eigenvalue weighted by Crippen LogP contribution is -2.30. The SMILES string of the molecule is CNCC1CCC(Nc2c(C(=O)C3CC3)cnc3ccc(-c4cc(Cl)c(O)c(Cl)c4)cc23)CC1. The molecule has 3 aromatic rings. The molecule has 5 nitrogen and oxygen atoms in total. The highest BCUT2D eigenvalue weighted by Crippen LogP contribution is 2.40. The second kappa shape index (κ2) is 9.73. The van der Waals surface area contributed by atoms with E-state index in [1.54, 1.807) is 18.3 Å². The number of phenols is 1. The summed E-state index contributed by atoms with van der Waals surface area (Å²) in [5.74, 6) is 0.884. The molecule has 178 valence electrons. The van der Waals surface area contributed by atoms with E-state index < -0.39 is 0 Å². The number of hydrogen-bond donors (Lipinski definition) is 3. The molecular weight excluding hydrogens is 469 g/mol. The van der Waals surface area contributed by atoms with Crippen LogP contribution in [0.3, 0.4) is 0 Å². The minimum atomic E-state index is -0.122. The molecule has 34 heavy (non-hydrogen) atoms. The van der Waals surface area contributed by atoms with Gasteiger partial charge in [-0.1, -0.05) is 29.3 Å². The lowest BCUT2D eigenvalue weighted by molar-refractivity contribution is 0.0968. The van der Waals surface area contributed by atoms with Gasteiger partial charge in [-0.15, -0.1) is 0 Å². The smallest absolute Gasteiger partial charge is 0.169 e. The molecule has 5 rings (SSSR count). The van der Waals surface area contributed by atoms with E-state index in [0.717, 1.165) is 59.9 Å². The zero-order valence-corrected chi connectivity index (χ0v) is 20.7. The summed E-state index contributed by atoms with van der Waals surface area (Å²) < 4.78 is 0. The van der Waals surface area contributed by atoms with Gasteiger partial charge in [0, 0.05) is 23.5 Å². The molecule has 0 unspecified atom stereocenters. The Bertz CT molecular complexity index is 1210. The number of hydrogen-bond acceptors (Lipinski definition) is 5. The van der Waals surface area contributed by atoms with Crippen LogP contribution in [-0.2, 0) is 0 Å². The molecule has 2 aromatic carbocycles. The molecule has 0 saturated heterocycles. The Hall–Kier alpha value is -2.34. The first-order valence-electron chi connectivity index (χ1n) is 12.0. The Morgan fingerprint density at radius 1 is 1.03 bits per heavy atom. The van der Waals surface area contributed by atoms with Gasteiger partial charge in [-0.25, -0.2) is 0 Å². The maximum atomic E-state index is 13.2. The number of pyridine rings is 1. The van der Waals surface area contributed by atoms with Gasteiger partial charge in [0.05, 0.1) is 26.8 Å². The molecule has 0 radical (unpaired) electrons. The average Bonchev–Trinajstić information content (AvgIpc) is 3.69. The second-order valence-electron chi connectivity index (χ2n) is 9.63. The zero-order valence-electron chi connectivity index (χ0n) is 19.2. The molecule has 7 heteroatoms. The third-order valence-electron chi connectivity index (χ3n) is 7.12. The van der Waals surface area contributed by atoms with E-state index in [1.165, 1.54) is 12.8 Å². The molecule has 2 fully saturated rings. The maximum absolute atomic E-state index is 13.2. The predicted molar refractivity (Wildman–Crippen MR) is 139 cm³/mol. The molecule has 2 aliphatic rings. The number of anilines is 1. The number of aromatic nitrogens is 1. The van der Waals surface area contributed by atoms with Gasteiger partial charge in [-0.05, 0) is 93.4 Å². The molecule has 2 saturated carbocycles. The van der Waals surface area contributed by atoms with E-state index in [-0.39, 0.29) is 27.5 Å². The highest BCUT2D eigenvalue weighted by atomic mass is 35.5. The molecule has 1 aromatic heterocycles. The molecule has 0 aliphatic heterocycles. The van der Waals surface area contributed by atoms with Crippen molar-refractivity contribution in [2.24, 2.45) is 11.8 Å². The van der Waals surface area contributed by atoms with Crippen molar-refractivity contribution in [3.05, 3.63) is 52.1 Å². The summed E-state index contributed by atoms with van der Waals surface area (Å²) in [4.78, 5) is 17.8. The van der Waals surface area contributed by atoms with Crippen LogP contribution < -0.4 is 10.6 Å². The number of aromatic hydroxyl groups is 1. The quantitative estimate of drug-likeness (QED) is 0.316. The fourth-order valence-corrected chi connectivity index (χ4v) is 5.50. The first-order valence-corrected chi connectivity index (χ1v) is 12.8. The Morgan fingerprint density at radius 2 is 1.74 bits per heavy atom. The summed E-state index contributed by atoms with van der Waals surface area (Å²) >= 11 is 12.4. The van der Waals surface area contributed by atoms with E-state index >= 15 is 0 Å². The van der Waals surface area contributed by atoms with Gasteiger partial charge in [-0.3, -0.25) is 9.78 Å². The number of nitrogens with one attached hydrogen (secondary N) is 2. The largest absolute Gasteiger partial charge is 0.505 e. The van der Waals surface area contributed by atoms with E-state index in [2.05, 4.69) is 15.6 Å². The summed E-state index contributed by atoms with van der Waals surface area (Å²) in [6, 6.07) is 9.69. The minimum Gasteiger partial charge on any atom is -0.505 e. The molecule has 0 bridgehead atoms. The monoisotopic (exact) mass is 497 g/mol. The third kappa shape index (κ3) is 4.74. The topological polar surface area (TPSA) is 74.2 Å². The fraction of sp³-hybridized carbons (Fsp3) is 0.407. The lowest BCUT2D eigenvalue weighted by atomic mass is 9.85. The Morgan fingerprint density at radius 3 is 2.38 bits per heavy atom. The number of nitrogens with zero attached hydrogens (tertiary/aromatic N) is 1. The number of ketones is 1. The number of benzene rings is 2. The van der Waals surface area contributed by atoms with Gasteiger partial charge in [0.1, 0.15) is 0 Å². The standard InChI is InChI=1S/C27H29Cl2N3O2/c1-30-13-15-2-7-19(8-3-15)32-25-20-10-17(18-11-22(28)27(34)23(29)12-18)6-9-24(20)31-14-21(25)26(33)16-4-5-16/h6,9-12,14-16,19,30,34H,2-5,7-8,13H2,1H3,(H,31,32). The van der Waals surface area contributed by atoms with Gasteiger partial charge >= 0.3 is 0 Å². The van der Waals surface area contributed by atoms with Crippen LogP contribution in [0.4, 0.5) is 5.69 Å². The second-order valence-corrected chi connectivity index (χ2v) is 10.4. The number of halogens is 2. The van der Waals surface area contributed by atoms with Crippen molar-refractivity contribution in [1.82, 2.24) is 10.3 Å². The van der Waals surface area contributed by atoms with Gasteiger partial charge in [-0.2, -0.15) is 0 Å². The predicted octanol–water partition coefficient (Wildman–Crippen LogP) is 6.70. The van der Waals surface area contributed by atoms with Crippen molar-refractivity contribution in [2.75, 3.05) is 18.9 Å². The molecule has 2 aliphatic carbocycles. The summed E-state index contributed by atoms with van der Waals surface area (Å²) in [7, 11) is 2.01. The average molecular weight is 498 g/mol. The molecule has 0 spiro atoms. The van der Waals surface area contributed by atoms with E-state index in [1.807, 2.05) is 25.2 Å². The van der Waals surface area contributed by atoms with Crippen LogP contribution in [0.15, 0.2) is 36.5 Å². The van der Waals surface area contributed by atoms with Crippen LogP contribution in [-0.4, -0.2) is 35.5 Å². The molecule has 3 N–H and O–H groups in total. The van der Waals surface area contributed by atoms with E-state index in [9.17, 15) is 9.90 Å². The van der Waals surface area contributed by atoms with Gasteiger partial charge in [0.25, 0.3) is 0 Å². The minimum absolute atomic E-state index is 0.115. The molecular formula is C27H29Cl2N3O2. The van der Waals surface area contributed by atoms with Crippen LogP contribution in [0.25, 0.3) is 22.0 Å². The molecule has 1 heterocycles. The summed E-state index contributed by atoms with van der Waals surface area (Å²) in [6.45, 7) is 1.05. The van der Waals surface area contributed by atoms with Crippen molar-refractivity contribution in [2.45, 2.75) is 44.6 Å². The summed E-state index contributed by atoms with van der Waals surface area (Å²) in [6.07, 6.45) is 8.15. The van der Waals surface area contributed by atoms with Crippen LogP contribution in [0.5, 0.6) is 5.75 Å². The molecule has 0 amide bonds. The highest BCUT2D eigenvalue weighted by molar-refractivity contribution is 6.37. The number of Topliss-reactive ketones (excluding diaryl/α,β-unsaturated/α-hetero) is 1. The number of fused-ring (bicyclic) bond motifs is 1. The maximum Gasteiger partial charge on any atom is 0.169 e. The zero-order chi connectivity index (χ0) is 23.8. The molecule has 0 atom stereocenters. The summed E-state index contributed by atoms with van der Waals surface area (Å²) in [5, 5.41) is 18.3.